The molecular weight excluding hydrogens is 205 g/mol. The summed E-state index contributed by atoms with van der Waals surface area (Å²) in [7, 11) is 0. The molecule has 0 aromatic heterocycles. The largest absolute Gasteiger partial charge is 0.522 e. The zero-order valence-corrected chi connectivity index (χ0v) is 9.28. The Balaban J connectivity index is 2.99. The van der Waals surface area contributed by atoms with Crippen molar-refractivity contribution in [3.63, 3.8) is 0 Å². The molecule has 0 unspecified atom stereocenters. The van der Waals surface area contributed by atoms with E-state index in [1.54, 1.807) is 0 Å². The molecule has 0 spiro atoms. The molecule has 0 amide bonds. The predicted molar refractivity (Wildman–Crippen MR) is 54.1 cm³/mol. The van der Waals surface area contributed by atoms with E-state index >= 15 is 0 Å². The summed E-state index contributed by atoms with van der Waals surface area (Å²) >= 11 is 0. The Morgan fingerprint density at radius 2 is 1.47 bits per heavy atom. The van der Waals surface area contributed by atoms with E-state index < -0.39 is 6.36 Å². The van der Waals surface area contributed by atoms with Crippen molar-refractivity contribution in [3.8, 4) is 0 Å². The Kier molecular flexibility index (Phi) is 8.86. The second-order valence-electron chi connectivity index (χ2n) is 3.64. The van der Waals surface area contributed by atoms with Crippen LogP contribution in [-0.4, -0.2) is 6.36 Å². The highest BCUT2D eigenvalue weighted by atomic mass is 19.4. The number of halogens is 3. The first-order valence-electron chi connectivity index (χ1n) is 5.62. The number of hydrogen-bond donors (Lipinski definition) is 0. The van der Waals surface area contributed by atoms with E-state index in [2.05, 4.69) is 11.7 Å². The molecule has 0 atom stereocenters. The Hall–Kier alpha value is -0.250. The average molecular weight is 225 g/mol. The van der Waals surface area contributed by atoms with Gasteiger partial charge in [0.05, 0.1) is 6.61 Å². The van der Waals surface area contributed by atoms with Gasteiger partial charge in [-0.1, -0.05) is 51.9 Å². The summed E-state index contributed by atoms with van der Waals surface area (Å²) in [6.07, 6.45) is 3.64. The smallest absolute Gasteiger partial charge is 0.286 e. The third-order valence-electron chi connectivity index (χ3n) is 2.14. The van der Waals surface area contributed by atoms with Crippen LogP contribution < -0.4 is 0 Å². The lowest BCUT2D eigenvalue weighted by molar-refractivity contribution is -0.309. The molecule has 0 aliphatic rings. The van der Waals surface area contributed by atoms with Crippen LogP contribution in [0.5, 0.6) is 0 Å². The summed E-state index contributed by atoms with van der Waals surface area (Å²) < 4.78 is 38.1. The normalized spacial score (nSPS) is 12.0. The Labute approximate surface area is 90.0 Å². The van der Waals surface area contributed by atoms with Gasteiger partial charge in [-0.3, -0.25) is 4.74 Å². The van der Waals surface area contributed by atoms with Gasteiger partial charge in [-0.2, -0.15) is 0 Å². The minimum Gasteiger partial charge on any atom is -0.286 e. The lowest BCUT2D eigenvalue weighted by Gasteiger charge is -2.05. The molecule has 0 N–H and O–H groups in total. The van der Waals surface area contributed by atoms with Gasteiger partial charge in [0.2, 0.25) is 0 Å². The summed E-state index contributed by atoms with van der Waals surface area (Å²) in [6, 6.07) is 0. The molecule has 15 heavy (non-hydrogen) atoms. The summed E-state index contributed by atoms with van der Waals surface area (Å²) in [5.74, 6) is 0. The minimum absolute atomic E-state index is 0.382. The van der Waals surface area contributed by atoms with Crippen molar-refractivity contribution in [2.45, 2.75) is 64.7 Å². The minimum atomic E-state index is -4.51. The number of hydrogen-bond acceptors (Lipinski definition) is 1. The van der Waals surface area contributed by atoms with Gasteiger partial charge in [0.1, 0.15) is 0 Å². The Bertz CT molecular complexity index is 134. The van der Waals surface area contributed by atoms with E-state index in [9.17, 15) is 13.2 Å². The molecule has 0 heterocycles. The van der Waals surface area contributed by atoms with Gasteiger partial charge < -0.3 is 0 Å². The van der Waals surface area contributed by atoms with Crippen molar-refractivity contribution in [1.82, 2.24) is 0 Å². The predicted octanol–water partition coefficient (Wildman–Crippen LogP) is 4.83. The summed E-state index contributed by atoms with van der Waals surface area (Å²) in [5.41, 5.74) is 0. The molecule has 1 nitrogen and oxygen atoms in total. The fourth-order valence-corrected chi connectivity index (χ4v) is 1.34. The fourth-order valence-electron chi connectivity index (χ4n) is 1.34. The van der Waals surface area contributed by atoms with Crippen LogP contribution in [0.2, 0.25) is 0 Å². The van der Waals surface area contributed by atoms with Crippen molar-refractivity contribution in [3.05, 3.63) is 6.61 Å². The van der Waals surface area contributed by atoms with Crippen molar-refractivity contribution >= 4 is 0 Å². The van der Waals surface area contributed by atoms with Gasteiger partial charge in [0, 0.05) is 0 Å². The highest BCUT2D eigenvalue weighted by Gasteiger charge is 2.28. The van der Waals surface area contributed by atoms with Gasteiger partial charge in [-0.25, -0.2) is 0 Å². The van der Waals surface area contributed by atoms with E-state index in [1.165, 1.54) is 25.7 Å². The second-order valence-corrected chi connectivity index (χ2v) is 3.64. The third-order valence-corrected chi connectivity index (χ3v) is 2.14. The average Bonchev–Trinajstić information content (AvgIpc) is 2.14. The highest BCUT2D eigenvalue weighted by molar-refractivity contribution is 4.53. The van der Waals surface area contributed by atoms with E-state index in [-0.39, 0.29) is 0 Å². The molecule has 0 aromatic rings. The van der Waals surface area contributed by atoms with Crippen molar-refractivity contribution in [1.29, 1.82) is 0 Å². The zero-order valence-electron chi connectivity index (χ0n) is 9.28. The van der Waals surface area contributed by atoms with Crippen LogP contribution >= 0.6 is 0 Å². The van der Waals surface area contributed by atoms with E-state index in [0.29, 0.717) is 6.42 Å². The van der Waals surface area contributed by atoms with Gasteiger partial charge in [-0.15, -0.1) is 13.2 Å². The van der Waals surface area contributed by atoms with Gasteiger partial charge >= 0.3 is 6.36 Å². The van der Waals surface area contributed by atoms with Crippen LogP contribution in [0.4, 0.5) is 13.2 Å². The van der Waals surface area contributed by atoms with Gasteiger partial charge in [0.25, 0.3) is 0 Å². The standard InChI is InChI=1S/C11H20F3O/c1-2-3-4-5-6-7-8-9-10-15-11(12,13)14/h10H,2-9H2,1H3. The third kappa shape index (κ3) is 13.8. The summed E-state index contributed by atoms with van der Waals surface area (Å²) in [5, 5.41) is 0. The van der Waals surface area contributed by atoms with E-state index in [1.807, 2.05) is 0 Å². The zero-order chi connectivity index (χ0) is 11.6. The van der Waals surface area contributed by atoms with Crippen LogP contribution in [0.25, 0.3) is 0 Å². The maximum atomic E-state index is 11.5. The lowest BCUT2D eigenvalue weighted by Crippen LogP contribution is -2.10. The molecule has 0 bridgehead atoms. The number of unbranched alkanes of at least 4 members (excludes halogenated alkanes) is 7. The van der Waals surface area contributed by atoms with Crippen molar-refractivity contribution < 1.29 is 17.9 Å². The van der Waals surface area contributed by atoms with Gasteiger partial charge in [-0.05, 0) is 6.42 Å². The van der Waals surface area contributed by atoms with E-state index in [0.717, 1.165) is 25.9 Å². The number of ether oxygens (including phenoxy) is 1. The van der Waals surface area contributed by atoms with Crippen molar-refractivity contribution in [2.24, 2.45) is 0 Å². The first-order valence-corrected chi connectivity index (χ1v) is 5.62. The molecule has 0 saturated carbocycles. The molecule has 0 aromatic carbocycles. The topological polar surface area (TPSA) is 9.23 Å². The number of alkyl halides is 3. The fraction of sp³-hybridized carbons (Fsp3) is 0.909. The maximum absolute atomic E-state index is 11.5. The van der Waals surface area contributed by atoms with Crippen LogP contribution in [0.3, 0.4) is 0 Å². The Morgan fingerprint density at radius 1 is 0.933 bits per heavy atom. The molecule has 0 saturated heterocycles. The lowest BCUT2D eigenvalue weighted by atomic mass is 10.1. The first kappa shape index (κ1) is 14.8. The van der Waals surface area contributed by atoms with Crippen LogP contribution in [-0.2, 0) is 4.74 Å². The first-order chi connectivity index (χ1) is 7.06. The van der Waals surface area contributed by atoms with Crippen LogP contribution in [0, 0.1) is 6.61 Å². The SMILES string of the molecule is CCCCCCCCC[CH]OC(F)(F)F. The monoisotopic (exact) mass is 225 g/mol. The molecule has 91 valence electrons. The molecular formula is C11H20F3O. The Morgan fingerprint density at radius 3 is 2.00 bits per heavy atom. The molecule has 1 radical (unpaired) electrons. The van der Waals surface area contributed by atoms with Crippen LogP contribution in [0.15, 0.2) is 0 Å². The molecule has 4 heteroatoms. The van der Waals surface area contributed by atoms with E-state index in [4.69, 9.17) is 0 Å². The quantitative estimate of drug-likeness (QED) is 0.511. The summed E-state index contributed by atoms with van der Waals surface area (Å²) in [6.45, 7) is 3.01. The molecule has 0 fully saturated rings. The second kappa shape index (κ2) is 9.01. The van der Waals surface area contributed by atoms with Crippen LogP contribution in [0.1, 0.15) is 58.3 Å². The molecule has 0 rings (SSSR count). The van der Waals surface area contributed by atoms with Gasteiger partial charge in [0.15, 0.2) is 0 Å². The van der Waals surface area contributed by atoms with Crippen molar-refractivity contribution in [2.75, 3.05) is 0 Å². The highest BCUT2D eigenvalue weighted by Crippen LogP contribution is 2.19. The molecule has 0 aliphatic heterocycles. The molecule has 0 aliphatic carbocycles. The number of rotatable bonds is 9. The summed E-state index contributed by atoms with van der Waals surface area (Å²) in [4.78, 5) is 0. The maximum Gasteiger partial charge on any atom is 0.522 e.